The molecule has 4 N–H and O–H groups in total. The minimum atomic E-state index is -0.765. The number of nitrogens with zero attached hydrogens (tertiary/aromatic N) is 2. The number of nitrogen functional groups attached to an aromatic ring is 1. The van der Waals surface area contributed by atoms with E-state index in [4.69, 9.17) is 10.5 Å². The van der Waals surface area contributed by atoms with Gasteiger partial charge in [-0.3, -0.25) is 23.9 Å². The largest absolute Gasteiger partial charge is 0.383 e. The number of nitrogens with one attached hydrogen (secondary N) is 2. The van der Waals surface area contributed by atoms with Gasteiger partial charge in [0.1, 0.15) is 5.82 Å². The first-order valence-electron chi connectivity index (χ1n) is 11.7. The second-order valence-corrected chi connectivity index (χ2v) is 8.19. The lowest BCUT2D eigenvalue weighted by Gasteiger charge is -2.27. The number of benzene rings is 2. The van der Waals surface area contributed by atoms with Gasteiger partial charge in [0, 0.05) is 25.8 Å². The van der Waals surface area contributed by atoms with E-state index >= 15 is 0 Å². The van der Waals surface area contributed by atoms with E-state index < -0.39 is 23.2 Å². The standard InChI is InChI=1S/C26H31N5O5/c1-3-14-31-23(27)22(25(34)29-26(31)35)30(15-16-36-2)21(32)17-20(18-10-6-4-7-11-18)28-24(33)19-12-8-5-9-13-19/h4-13,20H,3,14-17,27H2,1-2H3,(H,28,33)(H,29,34,35). The third-order valence-corrected chi connectivity index (χ3v) is 5.67. The maximum Gasteiger partial charge on any atom is 0.330 e. The molecule has 0 spiro atoms. The summed E-state index contributed by atoms with van der Waals surface area (Å²) in [5.74, 6) is -0.901. The summed E-state index contributed by atoms with van der Waals surface area (Å²) in [4.78, 5) is 55.1. The summed E-state index contributed by atoms with van der Waals surface area (Å²) in [6.45, 7) is 2.30. The Morgan fingerprint density at radius 1 is 1.08 bits per heavy atom. The predicted octanol–water partition coefficient (Wildman–Crippen LogP) is 2.07. The van der Waals surface area contributed by atoms with Crippen molar-refractivity contribution in [3.63, 3.8) is 0 Å². The summed E-state index contributed by atoms with van der Waals surface area (Å²) >= 11 is 0. The zero-order valence-corrected chi connectivity index (χ0v) is 20.4. The van der Waals surface area contributed by atoms with Crippen LogP contribution in [0.25, 0.3) is 0 Å². The highest BCUT2D eigenvalue weighted by Gasteiger charge is 2.27. The highest BCUT2D eigenvalue weighted by Crippen LogP contribution is 2.23. The quantitative estimate of drug-likeness (QED) is 0.374. The molecule has 3 aromatic rings. The van der Waals surface area contributed by atoms with Crippen LogP contribution in [0.2, 0.25) is 0 Å². The number of carbonyl (C=O) groups excluding carboxylic acids is 2. The summed E-state index contributed by atoms with van der Waals surface area (Å²) in [5.41, 5.74) is 5.87. The van der Waals surface area contributed by atoms with Gasteiger partial charge in [0.25, 0.3) is 11.5 Å². The zero-order chi connectivity index (χ0) is 26.1. The zero-order valence-electron chi connectivity index (χ0n) is 20.4. The summed E-state index contributed by atoms with van der Waals surface area (Å²) < 4.78 is 6.38. The highest BCUT2D eigenvalue weighted by molar-refractivity contribution is 5.97. The van der Waals surface area contributed by atoms with Crippen LogP contribution in [-0.2, 0) is 16.1 Å². The number of amides is 2. The Hall–Kier alpha value is -4.18. The Bertz CT molecular complexity index is 1290. The average molecular weight is 494 g/mol. The van der Waals surface area contributed by atoms with E-state index in [1.54, 1.807) is 24.3 Å². The molecular weight excluding hydrogens is 462 g/mol. The molecule has 1 heterocycles. The number of rotatable bonds is 11. The highest BCUT2D eigenvalue weighted by atomic mass is 16.5. The molecule has 0 aliphatic heterocycles. The molecule has 190 valence electrons. The Morgan fingerprint density at radius 3 is 2.33 bits per heavy atom. The fourth-order valence-electron chi connectivity index (χ4n) is 3.88. The van der Waals surface area contributed by atoms with Crippen LogP contribution in [-0.4, -0.2) is 41.6 Å². The molecule has 1 aromatic heterocycles. The summed E-state index contributed by atoms with van der Waals surface area (Å²) in [6, 6.07) is 17.1. The number of anilines is 2. The van der Waals surface area contributed by atoms with Crippen LogP contribution in [0.5, 0.6) is 0 Å². The normalized spacial score (nSPS) is 11.6. The summed E-state index contributed by atoms with van der Waals surface area (Å²) in [6.07, 6.45) is 0.446. The first kappa shape index (κ1) is 26.4. The SMILES string of the molecule is CCCn1c(N)c(N(CCOC)C(=O)CC(NC(=O)c2ccccc2)c2ccccc2)c(=O)[nH]c1=O. The Labute approximate surface area is 208 Å². The molecule has 0 saturated heterocycles. The Kier molecular flexibility index (Phi) is 9.18. The van der Waals surface area contributed by atoms with E-state index in [0.29, 0.717) is 12.0 Å². The average Bonchev–Trinajstić information content (AvgIpc) is 2.88. The van der Waals surface area contributed by atoms with Gasteiger partial charge in [0.05, 0.1) is 19.1 Å². The van der Waals surface area contributed by atoms with Crippen molar-refractivity contribution in [2.75, 3.05) is 30.9 Å². The monoisotopic (exact) mass is 493 g/mol. The van der Waals surface area contributed by atoms with E-state index in [0.717, 1.165) is 5.56 Å². The molecule has 0 aliphatic carbocycles. The van der Waals surface area contributed by atoms with Crippen molar-refractivity contribution in [1.29, 1.82) is 0 Å². The van der Waals surface area contributed by atoms with Crippen LogP contribution >= 0.6 is 0 Å². The molecule has 10 nitrogen and oxygen atoms in total. The van der Waals surface area contributed by atoms with Gasteiger partial charge in [-0.25, -0.2) is 4.79 Å². The third-order valence-electron chi connectivity index (χ3n) is 5.67. The molecule has 1 atom stereocenters. The number of carbonyl (C=O) groups is 2. The van der Waals surface area contributed by atoms with Crippen molar-refractivity contribution in [3.05, 3.63) is 92.6 Å². The van der Waals surface area contributed by atoms with E-state index in [1.165, 1.54) is 16.6 Å². The Balaban J connectivity index is 1.98. The van der Waals surface area contributed by atoms with Gasteiger partial charge in [0.15, 0.2) is 5.69 Å². The van der Waals surface area contributed by atoms with Crippen molar-refractivity contribution in [2.24, 2.45) is 0 Å². The molecule has 36 heavy (non-hydrogen) atoms. The van der Waals surface area contributed by atoms with E-state index in [9.17, 15) is 19.2 Å². The molecule has 2 aromatic carbocycles. The van der Waals surface area contributed by atoms with Gasteiger partial charge in [-0.05, 0) is 24.1 Å². The van der Waals surface area contributed by atoms with E-state index in [2.05, 4.69) is 10.3 Å². The van der Waals surface area contributed by atoms with Gasteiger partial charge in [-0.15, -0.1) is 0 Å². The van der Waals surface area contributed by atoms with Crippen LogP contribution in [0, 0.1) is 0 Å². The predicted molar refractivity (Wildman–Crippen MR) is 138 cm³/mol. The molecule has 10 heteroatoms. The van der Waals surface area contributed by atoms with Crippen molar-refractivity contribution in [2.45, 2.75) is 32.4 Å². The van der Waals surface area contributed by atoms with Crippen molar-refractivity contribution >= 4 is 23.3 Å². The number of nitrogens with two attached hydrogens (primary N) is 1. The van der Waals surface area contributed by atoms with Crippen molar-refractivity contribution < 1.29 is 14.3 Å². The number of hydrogen-bond acceptors (Lipinski definition) is 6. The van der Waals surface area contributed by atoms with Crippen molar-refractivity contribution in [3.8, 4) is 0 Å². The Morgan fingerprint density at radius 2 is 1.72 bits per heavy atom. The van der Waals surface area contributed by atoms with Crippen LogP contribution < -0.4 is 27.2 Å². The minimum absolute atomic E-state index is 0.0289. The molecule has 2 amide bonds. The van der Waals surface area contributed by atoms with Crippen LogP contribution in [0.4, 0.5) is 11.5 Å². The summed E-state index contributed by atoms with van der Waals surface area (Å²) in [7, 11) is 1.47. The molecule has 0 saturated carbocycles. The second kappa shape index (κ2) is 12.5. The van der Waals surface area contributed by atoms with Gasteiger partial charge >= 0.3 is 5.69 Å². The molecule has 0 aliphatic rings. The summed E-state index contributed by atoms with van der Waals surface area (Å²) in [5, 5.41) is 2.92. The van der Waals surface area contributed by atoms with E-state index in [-0.39, 0.29) is 43.5 Å². The van der Waals surface area contributed by atoms with Crippen LogP contribution in [0.15, 0.2) is 70.3 Å². The van der Waals surface area contributed by atoms with Crippen LogP contribution in [0.1, 0.15) is 41.7 Å². The van der Waals surface area contributed by atoms with Crippen LogP contribution in [0.3, 0.4) is 0 Å². The third kappa shape index (κ3) is 6.28. The lowest BCUT2D eigenvalue weighted by Crippen LogP contribution is -2.44. The molecule has 0 fully saturated rings. The molecule has 0 radical (unpaired) electrons. The van der Waals surface area contributed by atoms with Crippen molar-refractivity contribution in [1.82, 2.24) is 14.9 Å². The number of hydrogen-bond donors (Lipinski definition) is 3. The molecule has 3 rings (SSSR count). The van der Waals surface area contributed by atoms with Gasteiger partial charge < -0.3 is 20.7 Å². The van der Waals surface area contributed by atoms with Gasteiger partial charge in [-0.2, -0.15) is 0 Å². The molecule has 1 unspecified atom stereocenters. The maximum atomic E-state index is 13.6. The number of methoxy groups -OCH3 is 1. The fraction of sp³-hybridized carbons (Fsp3) is 0.308. The van der Waals surface area contributed by atoms with E-state index in [1.807, 2.05) is 43.3 Å². The second-order valence-electron chi connectivity index (χ2n) is 8.19. The number of H-pyrrole nitrogens is 1. The topological polar surface area (TPSA) is 140 Å². The first-order chi connectivity index (χ1) is 17.4. The van der Waals surface area contributed by atoms with Gasteiger partial charge in [0.2, 0.25) is 5.91 Å². The molecular formula is C26H31N5O5. The van der Waals surface area contributed by atoms with Gasteiger partial charge in [-0.1, -0.05) is 55.5 Å². The maximum absolute atomic E-state index is 13.6. The first-order valence-corrected chi connectivity index (χ1v) is 11.7. The number of ether oxygens (including phenoxy) is 1. The number of aromatic nitrogens is 2. The lowest BCUT2D eigenvalue weighted by atomic mass is 10.0. The molecule has 0 bridgehead atoms. The lowest BCUT2D eigenvalue weighted by molar-refractivity contribution is -0.119. The smallest absolute Gasteiger partial charge is 0.330 e. The fourth-order valence-corrected chi connectivity index (χ4v) is 3.88. The number of aromatic amines is 1. The minimum Gasteiger partial charge on any atom is -0.383 e.